The molecule has 2 aromatic heterocycles. The number of benzene rings is 1. The summed E-state index contributed by atoms with van der Waals surface area (Å²) in [5.41, 5.74) is 9.22. The molecule has 3 rings (SSSR count). The number of aromatic nitrogens is 2. The number of anilines is 1. The topological polar surface area (TPSA) is 53.7 Å². The van der Waals surface area contributed by atoms with Crippen LogP contribution >= 0.6 is 0 Å². The van der Waals surface area contributed by atoms with Crippen molar-refractivity contribution < 1.29 is 0 Å². The lowest BCUT2D eigenvalue weighted by atomic mass is 10.0. The van der Waals surface area contributed by atoms with Crippen molar-refractivity contribution in [2.75, 3.05) is 12.4 Å². The molecule has 1 aromatic carbocycles. The van der Waals surface area contributed by atoms with Crippen molar-refractivity contribution in [2.45, 2.75) is 47.0 Å². The third kappa shape index (κ3) is 2.79. The largest absolute Gasteiger partial charge is 0.373 e. The van der Waals surface area contributed by atoms with Crippen LogP contribution in [0.4, 0.5) is 5.82 Å². The Morgan fingerprint density at radius 1 is 1.23 bits per heavy atom. The molecule has 0 saturated carbocycles. The zero-order valence-corrected chi connectivity index (χ0v) is 16.6. The van der Waals surface area contributed by atoms with Gasteiger partial charge >= 0.3 is 0 Å². The number of hydrogen-bond acceptors (Lipinski definition) is 3. The van der Waals surface area contributed by atoms with Crippen LogP contribution < -0.4 is 5.32 Å². The Morgan fingerprint density at radius 3 is 2.54 bits per heavy atom. The van der Waals surface area contributed by atoms with Gasteiger partial charge in [-0.05, 0) is 61.1 Å². The van der Waals surface area contributed by atoms with Crippen LogP contribution in [-0.2, 0) is 6.42 Å². The maximum Gasteiger partial charge on any atom is 0.135 e. The molecule has 2 N–H and O–H groups in total. The standard InChI is InChI=1S/C22H28N4/c1-7-16-10-18(9-8-14(16)4)26-19-11-17(12-23)22(24-6)25-20(19)15(5)21(26)13(2)3/h8-13,23H,7H2,1-6H3,(H,24,25). The summed E-state index contributed by atoms with van der Waals surface area (Å²) < 4.78 is 2.33. The molecule has 0 aliphatic rings. The summed E-state index contributed by atoms with van der Waals surface area (Å²) in [4.78, 5) is 4.83. The maximum atomic E-state index is 7.76. The second-order valence-electron chi connectivity index (χ2n) is 7.15. The zero-order chi connectivity index (χ0) is 19.0. The SMILES string of the molecule is CCc1cc(-n2c(C(C)C)c(C)c3nc(NC)c(C=N)cc32)ccc1C. The van der Waals surface area contributed by atoms with E-state index in [1.54, 1.807) is 0 Å². The molecule has 0 amide bonds. The molecule has 3 aromatic rings. The van der Waals surface area contributed by atoms with Gasteiger partial charge in [-0.15, -0.1) is 0 Å². The lowest BCUT2D eigenvalue weighted by molar-refractivity contribution is 0.787. The maximum absolute atomic E-state index is 7.76. The smallest absolute Gasteiger partial charge is 0.135 e. The normalized spacial score (nSPS) is 11.3. The Hall–Kier alpha value is -2.62. The highest BCUT2D eigenvalue weighted by Gasteiger charge is 2.21. The summed E-state index contributed by atoms with van der Waals surface area (Å²) >= 11 is 0. The third-order valence-electron chi connectivity index (χ3n) is 5.16. The van der Waals surface area contributed by atoms with Crippen LogP contribution in [0.2, 0.25) is 0 Å². The van der Waals surface area contributed by atoms with E-state index >= 15 is 0 Å². The lowest BCUT2D eigenvalue weighted by Gasteiger charge is -2.16. The summed E-state index contributed by atoms with van der Waals surface area (Å²) in [6.07, 6.45) is 2.38. The minimum atomic E-state index is 0.372. The molecular weight excluding hydrogens is 320 g/mol. The van der Waals surface area contributed by atoms with E-state index in [1.165, 1.54) is 34.3 Å². The van der Waals surface area contributed by atoms with E-state index in [0.717, 1.165) is 28.8 Å². The molecule has 0 aliphatic heterocycles. The predicted octanol–water partition coefficient (Wildman–Crippen LogP) is 5.37. The highest BCUT2D eigenvalue weighted by atomic mass is 15.0. The number of aryl methyl sites for hydroxylation is 3. The fraction of sp³-hybridized carbons (Fsp3) is 0.364. The van der Waals surface area contributed by atoms with Crippen LogP contribution in [0.5, 0.6) is 0 Å². The van der Waals surface area contributed by atoms with Crippen LogP contribution in [0.25, 0.3) is 16.7 Å². The summed E-state index contributed by atoms with van der Waals surface area (Å²) in [6, 6.07) is 8.75. The molecule has 0 bridgehead atoms. The average molecular weight is 348 g/mol. The molecule has 0 atom stereocenters. The number of hydrogen-bond donors (Lipinski definition) is 2. The van der Waals surface area contributed by atoms with Crippen molar-refractivity contribution in [1.29, 1.82) is 5.41 Å². The molecule has 2 heterocycles. The number of fused-ring (bicyclic) bond motifs is 1. The van der Waals surface area contributed by atoms with Gasteiger partial charge in [0.2, 0.25) is 0 Å². The first-order chi connectivity index (χ1) is 12.4. The van der Waals surface area contributed by atoms with Crippen molar-refractivity contribution in [3.8, 4) is 5.69 Å². The zero-order valence-electron chi connectivity index (χ0n) is 16.6. The van der Waals surface area contributed by atoms with E-state index in [9.17, 15) is 0 Å². The van der Waals surface area contributed by atoms with Gasteiger partial charge in [-0.3, -0.25) is 0 Å². The van der Waals surface area contributed by atoms with Crippen LogP contribution in [0.3, 0.4) is 0 Å². The van der Waals surface area contributed by atoms with Crippen LogP contribution in [-0.4, -0.2) is 22.8 Å². The quantitative estimate of drug-likeness (QED) is 0.609. The van der Waals surface area contributed by atoms with Crippen molar-refractivity contribution in [3.63, 3.8) is 0 Å². The van der Waals surface area contributed by atoms with E-state index in [0.29, 0.717) is 5.92 Å². The first-order valence-corrected chi connectivity index (χ1v) is 9.26. The summed E-state index contributed by atoms with van der Waals surface area (Å²) in [5.74, 6) is 1.12. The molecule has 0 saturated heterocycles. The van der Waals surface area contributed by atoms with Crippen molar-refractivity contribution in [1.82, 2.24) is 9.55 Å². The fourth-order valence-corrected chi connectivity index (χ4v) is 3.84. The van der Waals surface area contributed by atoms with Gasteiger partial charge in [0.25, 0.3) is 0 Å². The van der Waals surface area contributed by atoms with Crippen molar-refractivity contribution >= 4 is 23.1 Å². The van der Waals surface area contributed by atoms with Gasteiger partial charge in [-0.2, -0.15) is 0 Å². The first kappa shape index (κ1) is 18.2. The highest BCUT2D eigenvalue weighted by Crippen LogP contribution is 2.34. The van der Waals surface area contributed by atoms with Gasteiger partial charge in [-0.25, -0.2) is 4.98 Å². The van der Waals surface area contributed by atoms with E-state index < -0.39 is 0 Å². The molecule has 0 fully saturated rings. The Bertz CT molecular complexity index is 980. The Kier molecular flexibility index (Phi) is 4.86. The minimum Gasteiger partial charge on any atom is -0.373 e. The fourth-order valence-electron chi connectivity index (χ4n) is 3.84. The second kappa shape index (κ2) is 6.94. The molecule has 4 nitrogen and oxygen atoms in total. The second-order valence-corrected chi connectivity index (χ2v) is 7.15. The van der Waals surface area contributed by atoms with Gasteiger partial charge in [0.15, 0.2) is 0 Å². The number of pyridine rings is 1. The predicted molar refractivity (Wildman–Crippen MR) is 111 cm³/mol. The molecule has 136 valence electrons. The number of nitrogens with zero attached hydrogens (tertiary/aromatic N) is 2. The van der Waals surface area contributed by atoms with E-state index in [4.69, 9.17) is 10.4 Å². The van der Waals surface area contributed by atoms with Gasteiger partial charge < -0.3 is 15.3 Å². The Balaban J connectivity index is 2.43. The van der Waals surface area contributed by atoms with Gasteiger partial charge in [-0.1, -0.05) is 26.8 Å². The van der Waals surface area contributed by atoms with Crippen LogP contribution in [0.15, 0.2) is 24.3 Å². The average Bonchev–Trinajstić information content (AvgIpc) is 2.93. The minimum absolute atomic E-state index is 0.372. The molecule has 0 radical (unpaired) electrons. The van der Waals surface area contributed by atoms with E-state index in [-0.39, 0.29) is 0 Å². The Labute approximate surface area is 155 Å². The first-order valence-electron chi connectivity index (χ1n) is 9.26. The number of nitrogens with one attached hydrogen (secondary N) is 2. The van der Waals surface area contributed by atoms with Crippen LogP contribution in [0.1, 0.15) is 54.6 Å². The van der Waals surface area contributed by atoms with Crippen molar-refractivity contribution in [3.05, 3.63) is 52.2 Å². The van der Waals surface area contributed by atoms with Crippen LogP contribution in [0, 0.1) is 19.3 Å². The molecule has 26 heavy (non-hydrogen) atoms. The van der Waals surface area contributed by atoms with E-state index in [1.807, 2.05) is 7.05 Å². The molecule has 0 aliphatic carbocycles. The molecular formula is C22H28N4. The van der Waals surface area contributed by atoms with Gasteiger partial charge in [0.05, 0.1) is 11.0 Å². The summed E-state index contributed by atoms with van der Waals surface area (Å²) in [6.45, 7) is 11.0. The Morgan fingerprint density at radius 2 is 1.96 bits per heavy atom. The highest BCUT2D eigenvalue weighted by molar-refractivity contribution is 5.94. The lowest BCUT2D eigenvalue weighted by Crippen LogP contribution is -2.04. The van der Waals surface area contributed by atoms with Crippen molar-refractivity contribution in [2.24, 2.45) is 0 Å². The molecule has 0 spiro atoms. The molecule has 0 unspecified atom stereocenters. The summed E-state index contributed by atoms with van der Waals surface area (Å²) in [5, 5.41) is 10.9. The van der Waals surface area contributed by atoms with E-state index in [2.05, 4.69) is 68.8 Å². The number of rotatable bonds is 5. The third-order valence-corrected chi connectivity index (χ3v) is 5.16. The van der Waals surface area contributed by atoms with Gasteiger partial charge in [0.1, 0.15) is 5.82 Å². The monoisotopic (exact) mass is 348 g/mol. The van der Waals surface area contributed by atoms with Gasteiger partial charge in [0, 0.05) is 30.2 Å². The summed E-state index contributed by atoms with van der Waals surface area (Å²) in [7, 11) is 1.85. The molecule has 4 heteroatoms.